The zero-order valence-electron chi connectivity index (χ0n) is 14.6. The molecule has 0 aliphatic heterocycles. The number of Topliss-reactive ketones (excluding diaryl/α,β-unsaturated/α-hetero) is 2. The van der Waals surface area contributed by atoms with Crippen molar-refractivity contribution in [2.24, 2.45) is 10.8 Å². The lowest BCUT2D eigenvalue weighted by Crippen LogP contribution is -2.45. The Kier molecular flexibility index (Phi) is 7.09. The van der Waals surface area contributed by atoms with Crippen molar-refractivity contribution in [1.82, 2.24) is 5.32 Å². The van der Waals surface area contributed by atoms with E-state index in [1.807, 2.05) is 55.4 Å². The summed E-state index contributed by atoms with van der Waals surface area (Å²) in [7, 11) is 0. The van der Waals surface area contributed by atoms with Crippen molar-refractivity contribution in [2.45, 2.75) is 86.7 Å². The van der Waals surface area contributed by atoms with Gasteiger partial charge in [0.25, 0.3) is 0 Å². The zero-order chi connectivity index (χ0) is 16.1. The Labute approximate surface area is 124 Å². The Morgan fingerprint density at radius 2 is 1.45 bits per heavy atom. The summed E-state index contributed by atoms with van der Waals surface area (Å²) in [5, 5.41) is 3.34. The summed E-state index contributed by atoms with van der Waals surface area (Å²) in [5.41, 5.74) is -0.629. The van der Waals surface area contributed by atoms with Crippen molar-refractivity contribution < 1.29 is 9.59 Å². The Hall–Kier alpha value is -0.700. The van der Waals surface area contributed by atoms with Crippen LogP contribution < -0.4 is 5.32 Å². The van der Waals surface area contributed by atoms with Crippen molar-refractivity contribution in [3.05, 3.63) is 0 Å². The van der Waals surface area contributed by atoms with E-state index in [9.17, 15) is 9.59 Å². The van der Waals surface area contributed by atoms with Gasteiger partial charge in [-0.3, -0.25) is 9.59 Å². The van der Waals surface area contributed by atoms with E-state index in [0.717, 1.165) is 12.8 Å². The van der Waals surface area contributed by atoms with E-state index in [2.05, 4.69) is 5.32 Å². The largest absolute Gasteiger partial charge is 0.305 e. The molecular formula is C17H33NO2. The second-order valence-corrected chi connectivity index (χ2v) is 8.05. The fourth-order valence-corrected chi connectivity index (χ4v) is 2.06. The van der Waals surface area contributed by atoms with Crippen LogP contribution in [0.2, 0.25) is 0 Å². The minimum atomic E-state index is -0.347. The second kappa shape index (κ2) is 7.35. The molecule has 1 unspecified atom stereocenters. The molecule has 0 rings (SSSR count). The molecule has 0 amide bonds. The van der Waals surface area contributed by atoms with Gasteiger partial charge < -0.3 is 5.32 Å². The number of rotatable bonds is 7. The molecule has 0 aromatic heterocycles. The molecule has 3 nitrogen and oxygen atoms in total. The zero-order valence-corrected chi connectivity index (χ0v) is 14.6. The van der Waals surface area contributed by atoms with Crippen LogP contribution in [0.3, 0.4) is 0 Å². The average Bonchev–Trinajstić information content (AvgIpc) is 2.23. The highest BCUT2D eigenvalue weighted by Gasteiger charge is 2.30. The lowest BCUT2D eigenvalue weighted by atomic mass is 9.83. The van der Waals surface area contributed by atoms with E-state index < -0.39 is 0 Å². The van der Waals surface area contributed by atoms with Crippen LogP contribution in [0.1, 0.15) is 74.7 Å². The molecule has 0 heterocycles. The summed E-state index contributed by atoms with van der Waals surface area (Å²) in [6.45, 7) is 15.8. The third-order valence-corrected chi connectivity index (χ3v) is 3.32. The van der Waals surface area contributed by atoms with E-state index >= 15 is 0 Å². The van der Waals surface area contributed by atoms with E-state index in [1.165, 1.54) is 0 Å². The first-order chi connectivity index (χ1) is 8.85. The monoisotopic (exact) mass is 283 g/mol. The van der Waals surface area contributed by atoms with E-state index in [-0.39, 0.29) is 34.5 Å². The van der Waals surface area contributed by atoms with Crippen LogP contribution in [-0.2, 0) is 9.59 Å². The summed E-state index contributed by atoms with van der Waals surface area (Å²) in [6.07, 6.45) is 2.05. The van der Waals surface area contributed by atoms with Crippen LogP contribution in [0.4, 0.5) is 0 Å². The smallest absolute Gasteiger partial charge is 0.155 e. The van der Waals surface area contributed by atoms with Crippen molar-refractivity contribution in [1.29, 1.82) is 0 Å². The van der Waals surface area contributed by atoms with Gasteiger partial charge in [-0.05, 0) is 12.8 Å². The Balaban J connectivity index is 4.54. The van der Waals surface area contributed by atoms with E-state index in [0.29, 0.717) is 6.42 Å². The predicted octanol–water partition coefficient (Wildman–Crippen LogP) is 3.75. The molecule has 3 heteroatoms. The topological polar surface area (TPSA) is 46.2 Å². The molecule has 118 valence electrons. The third-order valence-electron chi connectivity index (χ3n) is 3.32. The fraction of sp³-hybridized carbons (Fsp3) is 0.882. The number of hydrogen-bond acceptors (Lipinski definition) is 3. The van der Waals surface area contributed by atoms with Crippen LogP contribution >= 0.6 is 0 Å². The first-order valence-electron chi connectivity index (χ1n) is 7.69. The number of carbonyl (C=O) groups excluding carboxylic acids is 2. The second-order valence-electron chi connectivity index (χ2n) is 8.05. The van der Waals surface area contributed by atoms with Gasteiger partial charge in [0.2, 0.25) is 0 Å². The van der Waals surface area contributed by atoms with Crippen LogP contribution in [0.25, 0.3) is 0 Å². The van der Waals surface area contributed by atoms with Crippen molar-refractivity contribution in [3.63, 3.8) is 0 Å². The molecule has 0 bridgehead atoms. The molecule has 0 aliphatic carbocycles. The summed E-state index contributed by atoms with van der Waals surface area (Å²) in [6, 6.07) is 0.118. The molecular weight excluding hydrogens is 250 g/mol. The minimum absolute atomic E-state index is 0.150. The molecule has 1 atom stereocenters. The molecule has 1 N–H and O–H groups in total. The van der Waals surface area contributed by atoms with E-state index in [4.69, 9.17) is 0 Å². The first-order valence-corrected chi connectivity index (χ1v) is 7.69. The molecule has 0 aliphatic rings. The summed E-state index contributed by atoms with van der Waals surface area (Å²) in [4.78, 5) is 24.4. The van der Waals surface area contributed by atoms with Gasteiger partial charge in [0.1, 0.15) is 5.78 Å². The average molecular weight is 283 g/mol. The van der Waals surface area contributed by atoms with Gasteiger partial charge in [-0.25, -0.2) is 0 Å². The summed E-state index contributed by atoms with van der Waals surface area (Å²) >= 11 is 0. The Morgan fingerprint density at radius 1 is 0.950 bits per heavy atom. The van der Waals surface area contributed by atoms with Crippen LogP contribution in [-0.4, -0.2) is 23.7 Å². The molecule has 0 fully saturated rings. The van der Waals surface area contributed by atoms with Gasteiger partial charge in [0.15, 0.2) is 5.78 Å². The van der Waals surface area contributed by atoms with Crippen molar-refractivity contribution >= 4 is 11.6 Å². The van der Waals surface area contributed by atoms with Gasteiger partial charge in [0, 0.05) is 23.3 Å². The highest BCUT2D eigenvalue weighted by molar-refractivity contribution is 5.89. The number of carbonyl (C=O) groups is 2. The molecule has 0 spiro atoms. The minimum Gasteiger partial charge on any atom is -0.305 e. The van der Waals surface area contributed by atoms with Gasteiger partial charge in [-0.15, -0.1) is 0 Å². The first kappa shape index (κ1) is 19.3. The fourth-order valence-electron chi connectivity index (χ4n) is 2.06. The maximum absolute atomic E-state index is 12.4. The van der Waals surface area contributed by atoms with Gasteiger partial charge in [-0.2, -0.15) is 0 Å². The van der Waals surface area contributed by atoms with Gasteiger partial charge >= 0.3 is 0 Å². The molecule has 0 radical (unpaired) electrons. The standard InChI is InChI=1S/C17H33NO2/c1-12(2)18-13(15(20)17(6,7)8)10-9-11-14(19)16(3,4)5/h12-13,18H,9-11H2,1-8H3. The number of nitrogens with one attached hydrogen (secondary N) is 1. The maximum atomic E-state index is 12.4. The maximum Gasteiger partial charge on any atom is 0.155 e. The lowest BCUT2D eigenvalue weighted by Gasteiger charge is -2.27. The van der Waals surface area contributed by atoms with Gasteiger partial charge in [-0.1, -0.05) is 55.4 Å². The lowest BCUT2D eigenvalue weighted by molar-refractivity contribution is -0.129. The normalized spacial score (nSPS) is 14.4. The Morgan fingerprint density at radius 3 is 1.80 bits per heavy atom. The highest BCUT2D eigenvalue weighted by atomic mass is 16.1. The molecule has 0 saturated carbocycles. The van der Waals surface area contributed by atoms with Crippen molar-refractivity contribution in [3.8, 4) is 0 Å². The van der Waals surface area contributed by atoms with Crippen molar-refractivity contribution in [2.75, 3.05) is 0 Å². The summed E-state index contributed by atoms with van der Waals surface area (Å²) < 4.78 is 0. The highest BCUT2D eigenvalue weighted by Crippen LogP contribution is 2.22. The summed E-state index contributed by atoms with van der Waals surface area (Å²) in [5.74, 6) is 0.499. The number of hydrogen-bond donors (Lipinski definition) is 1. The predicted molar refractivity (Wildman–Crippen MR) is 84.8 cm³/mol. The van der Waals surface area contributed by atoms with Crippen LogP contribution in [0, 0.1) is 10.8 Å². The number of ketones is 2. The molecule has 0 aromatic rings. The SMILES string of the molecule is CC(C)NC(CCCC(=O)C(C)(C)C)C(=O)C(C)(C)C. The van der Waals surface area contributed by atoms with Gasteiger partial charge in [0.05, 0.1) is 6.04 Å². The third kappa shape index (κ3) is 7.18. The molecule has 0 aromatic carbocycles. The molecule has 0 saturated heterocycles. The van der Waals surface area contributed by atoms with Crippen LogP contribution in [0.5, 0.6) is 0 Å². The molecule has 20 heavy (non-hydrogen) atoms. The Bertz CT molecular complexity index is 332. The van der Waals surface area contributed by atoms with E-state index in [1.54, 1.807) is 0 Å². The van der Waals surface area contributed by atoms with Crippen LogP contribution in [0.15, 0.2) is 0 Å². The quantitative estimate of drug-likeness (QED) is 0.774.